The third-order valence-electron chi connectivity index (χ3n) is 2.83. The predicted molar refractivity (Wildman–Crippen MR) is 74.0 cm³/mol. The van der Waals surface area contributed by atoms with Crippen LogP contribution in [0.1, 0.15) is 12.0 Å². The average molecular weight is 398 g/mol. The van der Waals surface area contributed by atoms with Crippen molar-refractivity contribution in [3.05, 3.63) is 47.3 Å². The summed E-state index contributed by atoms with van der Waals surface area (Å²) in [4.78, 5) is 17.0. The van der Waals surface area contributed by atoms with E-state index in [-0.39, 0.29) is 13.0 Å². The van der Waals surface area contributed by atoms with Gasteiger partial charge in [0.25, 0.3) is 0 Å². The standard InChI is InChI=1S/C13H14F7O4P/c1-2-3-4-23-6-7(24-25(19,20,21)22)5-8-9(14)11(16)13(18)12(17)10(8)15/h2,7,21-22H,1,3-6H2. The topological polar surface area (TPSA) is 58.9 Å². The molecule has 1 atom stereocenters. The van der Waals surface area contributed by atoms with Gasteiger partial charge in [0.05, 0.1) is 0 Å². The molecule has 0 spiro atoms. The number of hydrogen-bond acceptors (Lipinski definition) is 4. The van der Waals surface area contributed by atoms with Gasteiger partial charge in [-0.05, 0) is 0 Å². The third kappa shape index (κ3) is 6.52. The van der Waals surface area contributed by atoms with Crippen LogP contribution in [0.4, 0.5) is 30.3 Å². The molecule has 1 aromatic carbocycles. The summed E-state index contributed by atoms with van der Waals surface area (Å²) in [7, 11) is -7.59. The van der Waals surface area contributed by atoms with Gasteiger partial charge in [0.15, 0.2) is 0 Å². The molecule has 4 nitrogen and oxygen atoms in total. The normalized spacial score (nSPS) is 14.8. The Morgan fingerprint density at radius 2 is 1.44 bits per heavy atom. The number of halogens is 7. The van der Waals surface area contributed by atoms with E-state index in [1.165, 1.54) is 6.08 Å². The summed E-state index contributed by atoms with van der Waals surface area (Å²) in [5.41, 5.74) is -1.45. The fourth-order valence-corrected chi connectivity index (χ4v) is 2.44. The molecule has 0 radical (unpaired) electrons. The first-order valence-electron chi connectivity index (χ1n) is 6.67. The van der Waals surface area contributed by atoms with Crippen molar-refractivity contribution >= 4 is 7.91 Å². The number of ether oxygens (including phenoxy) is 1. The fourth-order valence-electron chi connectivity index (χ4n) is 1.81. The molecule has 1 unspecified atom stereocenters. The van der Waals surface area contributed by atoms with Crippen molar-refractivity contribution in [2.45, 2.75) is 18.9 Å². The van der Waals surface area contributed by atoms with Crippen molar-refractivity contribution in [2.24, 2.45) is 0 Å². The first-order chi connectivity index (χ1) is 11.3. The van der Waals surface area contributed by atoms with Crippen molar-refractivity contribution in [3.63, 3.8) is 0 Å². The maximum absolute atomic E-state index is 13.6. The second-order valence-electron chi connectivity index (χ2n) is 4.89. The Balaban J connectivity index is 3.10. The van der Waals surface area contributed by atoms with Crippen molar-refractivity contribution in [3.8, 4) is 0 Å². The molecular formula is C13H14F7O4P. The van der Waals surface area contributed by atoms with Crippen LogP contribution in [0.2, 0.25) is 0 Å². The first kappa shape index (κ1) is 21.8. The summed E-state index contributed by atoms with van der Waals surface area (Å²) < 4.78 is 101. The van der Waals surface area contributed by atoms with Gasteiger partial charge in [0.2, 0.25) is 0 Å². The summed E-state index contributed by atoms with van der Waals surface area (Å²) in [6.45, 7) is 2.42. The Morgan fingerprint density at radius 1 is 0.960 bits per heavy atom. The number of rotatable bonds is 9. The van der Waals surface area contributed by atoms with Crippen LogP contribution < -0.4 is 0 Å². The fraction of sp³-hybridized carbons (Fsp3) is 0.385. The quantitative estimate of drug-likeness (QED) is 0.165. The van der Waals surface area contributed by atoms with E-state index >= 15 is 0 Å². The van der Waals surface area contributed by atoms with Crippen LogP contribution in [0.5, 0.6) is 0 Å². The Bertz CT molecular complexity index is 609. The van der Waals surface area contributed by atoms with E-state index in [1.54, 1.807) is 0 Å². The molecule has 0 aliphatic heterocycles. The Hall–Kier alpha value is -1.26. The minimum absolute atomic E-state index is 0.0914. The molecule has 0 fully saturated rings. The summed E-state index contributed by atoms with van der Waals surface area (Å²) >= 11 is 0. The third-order valence-corrected chi connectivity index (χ3v) is 3.47. The summed E-state index contributed by atoms with van der Waals surface area (Å²) in [6, 6.07) is 0. The van der Waals surface area contributed by atoms with E-state index in [2.05, 4.69) is 11.1 Å². The second-order valence-corrected chi connectivity index (χ2v) is 6.61. The van der Waals surface area contributed by atoms with Crippen LogP contribution in [-0.4, -0.2) is 29.1 Å². The van der Waals surface area contributed by atoms with E-state index < -0.39 is 61.7 Å². The van der Waals surface area contributed by atoms with Gasteiger partial charge in [0, 0.05) is 0 Å². The van der Waals surface area contributed by atoms with Crippen molar-refractivity contribution in [1.29, 1.82) is 0 Å². The van der Waals surface area contributed by atoms with Gasteiger partial charge in [-0.1, -0.05) is 0 Å². The molecule has 0 amide bonds. The van der Waals surface area contributed by atoms with E-state index in [9.17, 15) is 30.3 Å². The summed E-state index contributed by atoms with van der Waals surface area (Å²) in [6.07, 6.45) is -1.74. The Morgan fingerprint density at radius 3 is 1.88 bits per heavy atom. The van der Waals surface area contributed by atoms with Crippen LogP contribution in [-0.2, 0) is 15.7 Å². The summed E-state index contributed by atoms with van der Waals surface area (Å²) in [5, 5.41) is 0. The van der Waals surface area contributed by atoms with Gasteiger partial charge < -0.3 is 0 Å². The van der Waals surface area contributed by atoms with E-state index in [4.69, 9.17) is 14.5 Å². The van der Waals surface area contributed by atoms with Crippen LogP contribution >= 0.6 is 7.91 Å². The van der Waals surface area contributed by atoms with Crippen LogP contribution in [0.25, 0.3) is 0 Å². The molecule has 1 rings (SSSR count). The number of hydrogen-bond donors (Lipinski definition) is 2. The molecule has 0 saturated carbocycles. The van der Waals surface area contributed by atoms with Crippen molar-refractivity contribution in [2.75, 3.05) is 13.2 Å². The van der Waals surface area contributed by atoms with Crippen LogP contribution in [0.15, 0.2) is 12.7 Å². The zero-order valence-corrected chi connectivity index (χ0v) is 13.4. The van der Waals surface area contributed by atoms with Crippen LogP contribution in [0, 0.1) is 29.1 Å². The molecule has 2 N–H and O–H groups in total. The van der Waals surface area contributed by atoms with Gasteiger partial charge in [-0.25, -0.2) is 0 Å². The van der Waals surface area contributed by atoms with Gasteiger partial charge in [-0.2, -0.15) is 0 Å². The van der Waals surface area contributed by atoms with Gasteiger partial charge >= 0.3 is 137 Å². The Kier molecular flexibility index (Phi) is 6.94. The molecular weight excluding hydrogens is 384 g/mol. The SMILES string of the molecule is C=CCCOCC(Cc1c(F)c(F)c(F)c(F)c1F)OP(O)(O)(F)F. The maximum atomic E-state index is 13.6. The van der Waals surface area contributed by atoms with Gasteiger partial charge in [-0.15, -0.1) is 0 Å². The molecule has 0 bridgehead atoms. The minimum atomic E-state index is -7.59. The van der Waals surface area contributed by atoms with Crippen molar-refractivity contribution < 1.29 is 49.4 Å². The molecule has 0 aliphatic carbocycles. The second kappa shape index (κ2) is 7.96. The zero-order chi connectivity index (χ0) is 19.4. The molecule has 0 aliphatic rings. The van der Waals surface area contributed by atoms with Gasteiger partial charge in [0.1, 0.15) is 0 Å². The molecule has 25 heavy (non-hydrogen) atoms. The van der Waals surface area contributed by atoms with Crippen molar-refractivity contribution in [1.82, 2.24) is 0 Å². The van der Waals surface area contributed by atoms with E-state index in [0.717, 1.165) is 0 Å². The van der Waals surface area contributed by atoms with Crippen LogP contribution in [0.3, 0.4) is 0 Å². The summed E-state index contributed by atoms with van der Waals surface area (Å²) in [5.74, 6) is -11.5. The molecule has 0 saturated heterocycles. The van der Waals surface area contributed by atoms with E-state index in [1.807, 2.05) is 0 Å². The number of benzene rings is 1. The van der Waals surface area contributed by atoms with E-state index in [0.29, 0.717) is 0 Å². The Labute approximate surface area is 137 Å². The molecule has 144 valence electrons. The zero-order valence-electron chi connectivity index (χ0n) is 12.5. The molecule has 0 aromatic heterocycles. The molecule has 12 heteroatoms. The van der Waals surface area contributed by atoms with Gasteiger partial charge in [-0.3, -0.25) is 0 Å². The first-order valence-corrected chi connectivity index (χ1v) is 8.51. The predicted octanol–water partition coefficient (Wildman–Crippen LogP) is 3.95. The molecule has 1 aromatic rings. The average Bonchev–Trinajstić information content (AvgIpc) is 2.49. The molecule has 0 heterocycles. The monoisotopic (exact) mass is 398 g/mol.